The highest BCUT2D eigenvalue weighted by Crippen LogP contribution is 2.26. The lowest BCUT2D eigenvalue weighted by atomic mass is 10.0. The van der Waals surface area contributed by atoms with Gasteiger partial charge in [0.2, 0.25) is 5.91 Å². The Labute approximate surface area is 116 Å². The van der Waals surface area contributed by atoms with Crippen molar-refractivity contribution in [2.45, 2.75) is 19.8 Å². The van der Waals surface area contributed by atoms with Crippen molar-refractivity contribution >= 4 is 17.3 Å². The first-order chi connectivity index (χ1) is 9.49. The molecule has 0 spiro atoms. The third-order valence-corrected chi connectivity index (χ3v) is 3.17. The Bertz CT molecular complexity index is 491. The molecule has 1 aromatic rings. The fraction of sp³-hybridized carbons (Fsp3) is 0.462. The van der Waals surface area contributed by atoms with Crippen molar-refractivity contribution in [1.82, 2.24) is 0 Å². The molecule has 1 amide bonds. The Morgan fingerprint density at radius 3 is 2.75 bits per heavy atom. The molecule has 0 fully saturated rings. The van der Waals surface area contributed by atoms with E-state index in [0.717, 1.165) is 6.42 Å². The zero-order valence-corrected chi connectivity index (χ0v) is 11.3. The van der Waals surface area contributed by atoms with Gasteiger partial charge in [-0.05, 0) is 24.5 Å². The number of carbonyl (C=O) groups is 1. The molecule has 0 bridgehead atoms. The van der Waals surface area contributed by atoms with E-state index in [0.29, 0.717) is 13.0 Å². The van der Waals surface area contributed by atoms with E-state index in [1.807, 2.05) is 6.92 Å². The summed E-state index contributed by atoms with van der Waals surface area (Å²) in [7, 11) is 0. The van der Waals surface area contributed by atoms with Crippen molar-refractivity contribution in [3.05, 3.63) is 33.9 Å². The number of nitrogens with one attached hydrogen (secondary N) is 1. The quantitative estimate of drug-likeness (QED) is 0.493. The highest BCUT2D eigenvalue weighted by atomic mass is 16.6. The number of hydrogen-bond acceptors (Lipinski definition) is 5. The Balaban J connectivity index is 2.92. The van der Waals surface area contributed by atoms with Gasteiger partial charge in [0.25, 0.3) is 5.69 Å². The first-order valence-electron chi connectivity index (χ1n) is 6.42. The van der Waals surface area contributed by atoms with Gasteiger partial charge >= 0.3 is 0 Å². The minimum atomic E-state index is -0.634. The van der Waals surface area contributed by atoms with Gasteiger partial charge in [-0.2, -0.15) is 0 Å². The van der Waals surface area contributed by atoms with E-state index < -0.39 is 10.8 Å². The average Bonchev–Trinajstić information content (AvgIpc) is 2.42. The highest BCUT2D eigenvalue weighted by Gasteiger charge is 2.16. The smallest absolute Gasteiger partial charge is 0.292 e. The Hall–Kier alpha value is -2.15. The summed E-state index contributed by atoms with van der Waals surface area (Å²) < 4.78 is 0. The average molecular weight is 281 g/mol. The molecule has 0 saturated heterocycles. The van der Waals surface area contributed by atoms with Crippen molar-refractivity contribution in [3.8, 4) is 0 Å². The third kappa shape index (κ3) is 4.20. The summed E-state index contributed by atoms with van der Waals surface area (Å²) in [6.45, 7) is 2.54. The van der Waals surface area contributed by atoms with Crippen molar-refractivity contribution in [3.63, 3.8) is 0 Å². The largest absolute Gasteiger partial charge is 0.396 e. The Morgan fingerprint density at radius 2 is 2.25 bits per heavy atom. The molecule has 1 aromatic carbocycles. The fourth-order valence-corrected chi connectivity index (χ4v) is 1.88. The zero-order chi connectivity index (χ0) is 15.1. The molecule has 1 rings (SSSR count). The van der Waals surface area contributed by atoms with Gasteiger partial charge in [0.1, 0.15) is 5.69 Å². The van der Waals surface area contributed by atoms with Gasteiger partial charge in [-0.1, -0.05) is 13.3 Å². The molecule has 110 valence electrons. The van der Waals surface area contributed by atoms with Gasteiger partial charge in [0.05, 0.1) is 4.92 Å². The second kappa shape index (κ2) is 7.44. The van der Waals surface area contributed by atoms with Crippen LogP contribution in [0.25, 0.3) is 0 Å². The Kier molecular flexibility index (Phi) is 5.92. The first-order valence-corrected chi connectivity index (χ1v) is 6.42. The number of amides is 1. The number of nitrogens with two attached hydrogens (primary N) is 1. The standard InChI is InChI=1S/C13H19N3O4/c1-2-9(5-6-17)8-15-11-7-10(13(14)18)3-4-12(11)16(19)20/h3-4,7,9,15,17H,2,5-6,8H2,1H3,(H2,14,18). The van der Waals surface area contributed by atoms with E-state index in [2.05, 4.69) is 5.32 Å². The predicted octanol–water partition coefficient (Wildman–Crippen LogP) is 1.51. The normalized spacial score (nSPS) is 11.9. The molecule has 0 aliphatic heterocycles. The van der Waals surface area contributed by atoms with Crippen LogP contribution < -0.4 is 11.1 Å². The van der Waals surface area contributed by atoms with Gasteiger partial charge in [0.15, 0.2) is 0 Å². The number of primary amides is 1. The van der Waals surface area contributed by atoms with Gasteiger partial charge in [-0.25, -0.2) is 0 Å². The van der Waals surface area contributed by atoms with E-state index in [1.165, 1.54) is 18.2 Å². The summed E-state index contributed by atoms with van der Waals surface area (Å²) in [4.78, 5) is 21.6. The minimum Gasteiger partial charge on any atom is -0.396 e. The van der Waals surface area contributed by atoms with Crippen LogP contribution >= 0.6 is 0 Å². The minimum absolute atomic E-state index is 0.0730. The highest BCUT2D eigenvalue weighted by molar-refractivity contribution is 5.94. The number of anilines is 1. The molecule has 0 heterocycles. The van der Waals surface area contributed by atoms with E-state index in [9.17, 15) is 14.9 Å². The van der Waals surface area contributed by atoms with Gasteiger partial charge in [0, 0.05) is 24.8 Å². The molecule has 4 N–H and O–H groups in total. The number of hydrogen-bond donors (Lipinski definition) is 3. The summed E-state index contributed by atoms with van der Waals surface area (Å²) in [6.07, 6.45) is 1.46. The zero-order valence-electron chi connectivity index (χ0n) is 11.3. The molecule has 0 saturated carbocycles. The number of benzene rings is 1. The monoisotopic (exact) mass is 281 g/mol. The maximum absolute atomic E-state index is 11.1. The number of nitro benzene ring substituents is 1. The van der Waals surface area contributed by atoms with Crippen LogP contribution in [-0.2, 0) is 0 Å². The topological polar surface area (TPSA) is 118 Å². The van der Waals surface area contributed by atoms with Crippen LogP contribution in [-0.4, -0.2) is 29.1 Å². The van der Waals surface area contributed by atoms with Gasteiger partial charge < -0.3 is 16.2 Å². The van der Waals surface area contributed by atoms with Crippen molar-refractivity contribution in [2.24, 2.45) is 11.7 Å². The molecule has 1 atom stereocenters. The van der Waals surface area contributed by atoms with Crippen molar-refractivity contribution in [2.75, 3.05) is 18.5 Å². The van der Waals surface area contributed by atoms with Crippen LogP contribution in [0.3, 0.4) is 0 Å². The fourth-order valence-electron chi connectivity index (χ4n) is 1.88. The van der Waals surface area contributed by atoms with Crippen LogP contribution in [0.4, 0.5) is 11.4 Å². The van der Waals surface area contributed by atoms with E-state index in [-0.39, 0.29) is 29.5 Å². The molecule has 0 aliphatic rings. The SMILES string of the molecule is CCC(CCO)CNc1cc(C(N)=O)ccc1[N+](=O)[O-]. The van der Waals surface area contributed by atoms with Crippen LogP contribution in [0.15, 0.2) is 18.2 Å². The third-order valence-electron chi connectivity index (χ3n) is 3.17. The maximum atomic E-state index is 11.1. The lowest BCUT2D eigenvalue weighted by Gasteiger charge is -2.15. The second-order valence-corrected chi connectivity index (χ2v) is 4.52. The van der Waals surface area contributed by atoms with Gasteiger partial charge in [-0.3, -0.25) is 14.9 Å². The van der Waals surface area contributed by atoms with Crippen LogP contribution in [0.5, 0.6) is 0 Å². The molecular formula is C13H19N3O4. The summed E-state index contributed by atoms with van der Waals surface area (Å²) >= 11 is 0. The number of nitro groups is 1. The summed E-state index contributed by atoms with van der Waals surface area (Å²) in [5, 5.41) is 22.8. The summed E-state index contributed by atoms with van der Waals surface area (Å²) in [5.41, 5.74) is 5.55. The van der Waals surface area contributed by atoms with E-state index in [4.69, 9.17) is 10.8 Å². The van der Waals surface area contributed by atoms with Crippen LogP contribution in [0.1, 0.15) is 30.1 Å². The molecule has 0 aliphatic carbocycles. The summed E-state index contributed by atoms with van der Waals surface area (Å²) in [5.74, 6) is -0.429. The number of rotatable bonds is 8. The Morgan fingerprint density at radius 1 is 1.55 bits per heavy atom. The maximum Gasteiger partial charge on any atom is 0.292 e. The van der Waals surface area contributed by atoms with E-state index >= 15 is 0 Å². The molecule has 7 nitrogen and oxygen atoms in total. The van der Waals surface area contributed by atoms with Crippen molar-refractivity contribution in [1.29, 1.82) is 0 Å². The number of aliphatic hydroxyl groups excluding tert-OH is 1. The lowest BCUT2D eigenvalue weighted by Crippen LogP contribution is -2.17. The molecular weight excluding hydrogens is 262 g/mol. The predicted molar refractivity (Wildman–Crippen MR) is 75.6 cm³/mol. The van der Waals surface area contributed by atoms with Crippen molar-refractivity contribution < 1.29 is 14.8 Å². The molecule has 1 unspecified atom stereocenters. The van der Waals surface area contributed by atoms with Crippen LogP contribution in [0.2, 0.25) is 0 Å². The lowest BCUT2D eigenvalue weighted by molar-refractivity contribution is -0.384. The molecule has 7 heteroatoms. The molecule has 0 radical (unpaired) electrons. The van der Waals surface area contributed by atoms with E-state index in [1.54, 1.807) is 0 Å². The number of nitrogens with zero attached hydrogens (tertiary/aromatic N) is 1. The first kappa shape index (κ1) is 15.9. The number of carbonyl (C=O) groups excluding carboxylic acids is 1. The number of aliphatic hydroxyl groups is 1. The molecule has 20 heavy (non-hydrogen) atoms. The second-order valence-electron chi connectivity index (χ2n) is 4.52. The van der Waals surface area contributed by atoms with Crippen LogP contribution in [0, 0.1) is 16.0 Å². The molecule has 0 aromatic heterocycles. The van der Waals surface area contributed by atoms with Gasteiger partial charge in [-0.15, -0.1) is 0 Å². The summed E-state index contributed by atoms with van der Waals surface area (Å²) in [6, 6.07) is 3.97.